The van der Waals surface area contributed by atoms with E-state index in [0.29, 0.717) is 19.3 Å². The third kappa shape index (κ3) is 4.16. The standard InChI is InChI=1S/C19H19F3N4O2/c1-2-3-9-18(24-25-18)10-8-15(27)26-12-11-23-17(28)16(26)13-6-4-5-7-14(13)19(20,21)22/h1,4-7,16H,3,8-12H2,(H,23,28). The van der Waals surface area contributed by atoms with Crippen molar-refractivity contribution in [3.8, 4) is 12.3 Å². The Hall–Kier alpha value is -2.89. The fourth-order valence-corrected chi connectivity index (χ4v) is 3.36. The maximum absolute atomic E-state index is 13.4. The molecular weight excluding hydrogens is 373 g/mol. The van der Waals surface area contributed by atoms with E-state index in [4.69, 9.17) is 6.42 Å². The molecule has 2 aliphatic rings. The molecule has 3 rings (SSSR count). The Balaban J connectivity index is 1.79. The lowest BCUT2D eigenvalue weighted by Crippen LogP contribution is -2.52. The second kappa shape index (κ2) is 7.62. The average Bonchev–Trinajstić information content (AvgIpc) is 3.44. The van der Waals surface area contributed by atoms with Gasteiger partial charge in [0.05, 0.1) is 5.56 Å². The zero-order valence-electron chi connectivity index (χ0n) is 15.0. The molecule has 1 unspecified atom stereocenters. The summed E-state index contributed by atoms with van der Waals surface area (Å²) in [4.78, 5) is 26.4. The smallest absolute Gasteiger partial charge is 0.352 e. The van der Waals surface area contributed by atoms with Gasteiger partial charge in [0, 0.05) is 38.8 Å². The normalized spacial score (nSPS) is 20.4. The molecule has 1 fully saturated rings. The number of terminal acetylenes is 1. The van der Waals surface area contributed by atoms with Gasteiger partial charge in [0.25, 0.3) is 0 Å². The van der Waals surface area contributed by atoms with E-state index in [9.17, 15) is 22.8 Å². The van der Waals surface area contributed by atoms with Crippen molar-refractivity contribution in [1.29, 1.82) is 0 Å². The van der Waals surface area contributed by atoms with Crippen LogP contribution in [0.2, 0.25) is 0 Å². The highest BCUT2D eigenvalue weighted by molar-refractivity contribution is 5.90. The van der Waals surface area contributed by atoms with Crippen LogP contribution in [0.25, 0.3) is 0 Å². The molecule has 1 aromatic carbocycles. The maximum Gasteiger partial charge on any atom is 0.416 e. The highest BCUT2D eigenvalue weighted by atomic mass is 19.4. The average molecular weight is 392 g/mol. The Kier molecular flexibility index (Phi) is 5.40. The van der Waals surface area contributed by atoms with Gasteiger partial charge in [-0.15, -0.1) is 12.3 Å². The van der Waals surface area contributed by atoms with Gasteiger partial charge in [-0.1, -0.05) is 18.2 Å². The molecule has 0 radical (unpaired) electrons. The van der Waals surface area contributed by atoms with E-state index in [0.717, 1.165) is 6.07 Å². The topological polar surface area (TPSA) is 74.1 Å². The summed E-state index contributed by atoms with van der Waals surface area (Å²) in [6, 6.07) is 3.50. The summed E-state index contributed by atoms with van der Waals surface area (Å²) < 4.78 is 40.2. The van der Waals surface area contributed by atoms with Gasteiger partial charge in [0.1, 0.15) is 6.04 Å². The molecule has 0 saturated carbocycles. The Morgan fingerprint density at radius 2 is 2.04 bits per heavy atom. The predicted molar refractivity (Wildman–Crippen MR) is 93.8 cm³/mol. The third-order valence-electron chi connectivity index (χ3n) is 4.88. The summed E-state index contributed by atoms with van der Waals surface area (Å²) in [7, 11) is 0. The molecule has 1 saturated heterocycles. The number of carbonyl (C=O) groups is 2. The van der Waals surface area contributed by atoms with Crippen molar-refractivity contribution in [3.05, 3.63) is 35.4 Å². The van der Waals surface area contributed by atoms with Crippen molar-refractivity contribution >= 4 is 11.8 Å². The SMILES string of the molecule is C#CCCC1(CCC(=O)N2CCNC(=O)C2c2ccccc2C(F)(F)F)N=N1. The first-order valence-corrected chi connectivity index (χ1v) is 8.88. The minimum absolute atomic E-state index is 0.0233. The lowest BCUT2D eigenvalue weighted by atomic mass is 9.95. The summed E-state index contributed by atoms with van der Waals surface area (Å²) >= 11 is 0. The van der Waals surface area contributed by atoms with Crippen molar-refractivity contribution in [1.82, 2.24) is 10.2 Å². The van der Waals surface area contributed by atoms with Gasteiger partial charge in [-0.2, -0.15) is 23.4 Å². The fraction of sp³-hybridized carbons (Fsp3) is 0.474. The molecule has 9 heteroatoms. The Morgan fingerprint density at radius 3 is 2.68 bits per heavy atom. The summed E-state index contributed by atoms with van der Waals surface area (Å²) in [6.07, 6.45) is 1.94. The molecule has 0 spiro atoms. The van der Waals surface area contributed by atoms with Crippen molar-refractivity contribution in [2.45, 2.75) is 43.6 Å². The van der Waals surface area contributed by atoms with Gasteiger partial charge in [0.15, 0.2) is 5.66 Å². The number of hydrogen-bond acceptors (Lipinski definition) is 4. The Labute approximate surface area is 160 Å². The molecule has 0 aromatic heterocycles. The van der Waals surface area contributed by atoms with Crippen LogP contribution in [0.15, 0.2) is 34.5 Å². The maximum atomic E-state index is 13.4. The number of nitrogens with zero attached hydrogens (tertiary/aromatic N) is 3. The van der Waals surface area contributed by atoms with Crippen LogP contribution >= 0.6 is 0 Å². The summed E-state index contributed by atoms with van der Waals surface area (Å²) in [5.41, 5.74) is -1.82. The van der Waals surface area contributed by atoms with Gasteiger partial charge in [-0.05, 0) is 11.6 Å². The number of benzene rings is 1. The molecule has 2 heterocycles. The molecule has 1 atom stereocenters. The lowest BCUT2D eigenvalue weighted by molar-refractivity contribution is -0.146. The molecule has 148 valence electrons. The summed E-state index contributed by atoms with van der Waals surface area (Å²) in [5, 5.41) is 10.5. The van der Waals surface area contributed by atoms with Gasteiger partial charge in [-0.25, -0.2) is 0 Å². The number of alkyl halides is 3. The molecule has 2 amide bonds. The van der Waals surface area contributed by atoms with E-state index in [1.54, 1.807) is 0 Å². The third-order valence-corrected chi connectivity index (χ3v) is 4.88. The molecule has 6 nitrogen and oxygen atoms in total. The van der Waals surface area contributed by atoms with Crippen LogP contribution in [0, 0.1) is 12.3 Å². The van der Waals surface area contributed by atoms with E-state index >= 15 is 0 Å². The molecule has 28 heavy (non-hydrogen) atoms. The Morgan fingerprint density at radius 1 is 1.32 bits per heavy atom. The molecule has 2 aliphatic heterocycles. The van der Waals surface area contributed by atoms with Gasteiger partial charge in [0.2, 0.25) is 11.8 Å². The highest BCUT2D eigenvalue weighted by Crippen LogP contribution is 2.39. The molecule has 0 bridgehead atoms. The van der Waals surface area contributed by atoms with Gasteiger partial charge in [-0.3, -0.25) is 9.59 Å². The van der Waals surface area contributed by atoms with E-state index in [-0.39, 0.29) is 25.1 Å². The van der Waals surface area contributed by atoms with E-state index in [1.807, 2.05) is 0 Å². The second-order valence-corrected chi connectivity index (χ2v) is 6.75. The second-order valence-electron chi connectivity index (χ2n) is 6.75. The number of rotatable bonds is 6. The van der Waals surface area contributed by atoms with Crippen LogP contribution in [0.1, 0.15) is 42.9 Å². The van der Waals surface area contributed by atoms with Crippen LogP contribution < -0.4 is 5.32 Å². The quantitative estimate of drug-likeness (QED) is 0.756. The molecule has 1 N–H and O–H groups in total. The number of carbonyl (C=O) groups excluding carboxylic acids is 2. The van der Waals surface area contributed by atoms with Crippen LogP contribution in [0.3, 0.4) is 0 Å². The number of halogens is 3. The Bertz CT molecular complexity index is 838. The van der Waals surface area contributed by atoms with Gasteiger partial charge < -0.3 is 10.2 Å². The van der Waals surface area contributed by atoms with Crippen LogP contribution in [-0.4, -0.2) is 35.5 Å². The zero-order valence-corrected chi connectivity index (χ0v) is 15.0. The van der Waals surface area contributed by atoms with Crippen LogP contribution in [0.5, 0.6) is 0 Å². The van der Waals surface area contributed by atoms with Crippen molar-refractivity contribution in [3.63, 3.8) is 0 Å². The molecule has 1 aromatic rings. The largest absolute Gasteiger partial charge is 0.416 e. The first-order chi connectivity index (χ1) is 13.3. The van der Waals surface area contributed by atoms with Gasteiger partial charge >= 0.3 is 6.18 Å². The minimum atomic E-state index is -4.63. The van der Waals surface area contributed by atoms with Crippen molar-refractivity contribution in [2.24, 2.45) is 10.2 Å². The molecule has 0 aliphatic carbocycles. The number of hydrogen-bond donors (Lipinski definition) is 1. The predicted octanol–water partition coefficient (Wildman–Crippen LogP) is 3.06. The van der Waals surface area contributed by atoms with Crippen LogP contribution in [0.4, 0.5) is 13.2 Å². The van der Waals surface area contributed by atoms with E-state index < -0.39 is 35.3 Å². The first-order valence-electron chi connectivity index (χ1n) is 8.88. The molecular formula is C19H19F3N4O2. The summed E-state index contributed by atoms with van der Waals surface area (Å²) in [5.74, 6) is 1.46. The highest BCUT2D eigenvalue weighted by Gasteiger charge is 2.43. The van der Waals surface area contributed by atoms with E-state index in [2.05, 4.69) is 21.5 Å². The van der Waals surface area contributed by atoms with Crippen molar-refractivity contribution in [2.75, 3.05) is 13.1 Å². The zero-order chi connectivity index (χ0) is 20.4. The number of piperazine rings is 1. The number of amides is 2. The lowest BCUT2D eigenvalue weighted by Gasteiger charge is -2.36. The monoisotopic (exact) mass is 392 g/mol. The first kappa shape index (κ1) is 19.9. The minimum Gasteiger partial charge on any atom is -0.352 e. The summed E-state index contributed by atoms with van der Waals surface area (Å²) in [6.45, 7) is 0.319. The van der Waals surface area contributed by atoms with Crippen molar-refractivity contribution < 1.29 is 22.8 Å². The van der Waals surface area contributed by atoms with E-state index in [1.165, 1.54) is 23.1 Å². The number of nitrogens with one attached hydrogen (secondary N) is 1. The fourth-order valence-electron chi connectivity index (χ4n) is 3.36. The van der Waals surface area contributed by atoms with Crippen LogP contribution in [-0.2, 0) is 15.8 Å².